The molecule has 7 heteroatoms. The second-order valence-electron chi connectivity index (χ2n) is 3.76. The van der Waals surface area contributed by atoms with Crippen molar-refractivity contribution in [2.45, 2.75) is 6.04 Å². The van der Waals surface area contributed by atoms with Gasteiger partial charge >= 0.3 is 5.97 Å². The number of nitrogens with one attached hydrogen (secondary N) is 1. The van der Waals surface area contributed by atoms with Crippen LogP contribution in [0.2, 0.25) is 0 Å². The number of hydrogen-bond acceptors (Lipinski definition) is 5. The zero-order valence-electron chi connectivity index (χ0n) is 9.05. The minimum Gasteiger partial charge on any atom is -0.494 e. The number of carbonyl (C=O) groups is 2. The molecule has 0 aromatic rings. The standard InChI is InChI=1S/C10H13NO6/c12-9(8-5-15-1-2-17-8)11-7-4-16-3-6(7)10(13)14/h5-7H,1-4H2,(H,11,12)(H,13,14). The third kappa shape index (κ3) is 2.68. The first-order chi connectivity index (χ1) is 8.18. The highest BCUT2D eigenvalue weighted by molar-refractivity contribution is 5.91. The van der Waals surface area contributed by atoms with Gasteiger partial charge in [0.1, 0.15) is 25.4 Å². The van der Waals surface area contributed by atoms with E-state index in [9.17, 15) is 9.59 Å². The van der Waals surface area contributed by atoms with Crippen molar-refractivity contribution in [1.29, 1.82) is 0 Å². The molecule has 0 saturated carbocycles. The molecule has 2 unspecified atom stereocenters. The summed E-state index contributed by atoms with van der Waals surface area (Å²) < 4.78 is 15.1. The van der Waals surface area contributed by atoms with Crippen molar-refractivity contribution >= 4 is 11.9 Å². The maximum Gasteiger partial charge on any atom is 0.311 e. The minimum atomic E-state index is -0.984. The van der Waals surface area contributed by atoms with Crippen LogP contribution in [0.15, 0.2) is 12.0 Å². The predicted molar refractivity (Wildman–Crippen MR) is 53.9 cm³/mol. The van der Waals surface area contributed by atoms with Crippen LogP contribution in [0.4, 0.5) is 0 Å². The first kappa shape index (κ1) is 11.7. The van der Waals surface area contributed by atoms with Gasteiger partial charge in [-0.25, -0.2) is 0 Å². The second-order valence-corrected chi connectivity index (χ2v) is 3.76. The quantitative estimate of drug-likeness (QED) is 0.666. The number of carboxylic acids is 1. The number of amides is 1. The summed E-state index contributed by atoms with van der Waals surface area (Å²) in [6, 6.07) is -0.536. The fourth-order valence-electron chi connectivity index (χ4n) is 1.67. The van der Waals surface area contributed by atoms with Crippen LogP contribution in [0, 0.1) is 5.92 Å². The van der Waals surface area contributed by atoms with Gasteiger partial charge in [-0.3, -0.25) is 9.59 Å². The summed E-state index contributed by atoms with van der Waals surface area (Å²) in [6.07, 6.45) is 1.23. The Morgan fingerprint density at radius 3 is 2.82 bits per heavy atom. The number of rotatable bonds is 3. The molecule has 1 saturated heterocycles. The summed E-state index contributed by atoms with van der Waals surface area (Å²) in [5.41, 5.74) is 0. The zero-order valence-corrected chi connectivity index (χ0v) is 9.05. The topological polar surface area (TPSA) is 94.1 Å². The van der Waals surface area contributed by atoms with Crippen molar-refractivity contribution in [3.63, 3.8) is 0 Å². The van der Waals surface area contributed by atoms with Gasteiger partial charge in [0.2, 0.25) is 5.76 Å². The number of aliphatic carboxylic acids is 1. The Kier molecular flexibility index (Phi) is 3.48. The molecule has 2 heterocycles. The average Bonchev–Trinajstić information content (AvgIpc) is 2.78. The van der Waals surface area contributed by atoms with Gasteiger partial charge < -0.3 is 24.6 Å². The summed E-state index contributed by atoms with van der Waals surface area (Å²) in [5, 5.41) is 11.5. The molecule has 0 radical (unpaired) electrons. The molecule has 94 valence electrons. The highest BCUT2D eigenvalue weighted by atomic mass is 16.6. The van der Waals surface area contributed by atoms with Gasteiger partial charge in [0.05, 0.1) is 19.3 Å². The normalized spacial score (nSPS) is 27.6. The molecule has 7 nitrogen and oxygen atoms in total. The molecule has 2 aliphatic rings. The lowest BCUT2D eigenvalue weighted by molar-refractivity contribution is -0.142. The highest BCUT2D eigenvalue weighted by Gasteiger charge is 2.35. The Hall–Kier alpha value is -1.76. The van der Waals surface area contributed by atoms with E-state index in [2.05, 4.69) is 5.32 Å². The molecule has 0 aromatic carbocycles. The highest BCUT2D eigenvalue weighted by Crippen LogP contribution is 2.15. The molecule has 1 fully saturated rings. The van der Waals surface area contributed by atoms with E-state index in [0.717, 1.165) is 0 Å². The van der Waals surface area contributed by atoms with E-state index in [1.54, 1.807) is 0 Å². The first-order valence-electron chi connectivity index (χ1n) is 5.24. The van der Waals surface area contributed by atoms with Crippen molar-refractivity contribution in [1.82, 2.24) is 5.32 Å². The Bertz CT molecular complexity index is 353. The Balaban J connectivity index is 1.93. The molecule has 0 spiro atoms. The first-order valence-corrected chi connectivity index (χ1v) is 5.24. The third-order valence-electron chi connectivity index (χ3n) is 2.59. The maximum absolute atomic E-state index is 11.7. The van der Waals surface area contributed by atoms with Gasteiger partial charge in [-0.05, 0) is 0 Å². The molecule has 0 bridgehead atoms. The van der Waals surface area contributed by atoms with E-state index in [1.165, 1.54) is 6.26 Å². The summed E-state index contributed by atoms with van der Waals surface area (Å²) in [7, 11) is 0. The van der Waals surface area contributed by atoms with E-state index < -0.39 is 23.8 Å². The lowest BCUT2D eigenvalue weighted by Crippen LogP contribution is -2.43. The van der Waals surface area contributed by atoms with Gasteiger partial charge in [0.25, 0.3) is 5.91 Å². The molecule has 2 rings (SSSR count). The fourth-order valence-corrected chi connectivity index (χ4v) is 1.67. The zero-order chi connectivity index (χ0) is 12.3. The van der Waals surface area contributed by atoms with Gasteiger partial charge in [0.15, 0.2) is 0 Å². The van der Waals surface area contributed by atoms with E-state index in [1.807, 2.05) is 0 Å². The van der Waals surface area contributed by atoms with Crippen molar-refractivity contribution in [3.8, 4) is 0 Å². The van der Waals surface area contributed by atoms with Crippen molar-refractivity contribution in [2.75, 3.05) is 26.4 Å². The smallest absolute Gasteiger partial charge is 0.311 e. The second kappa shape index (κ2) is 5.05. The minimum absolute atomic E-state index is 0.0623. The van der Waals surface area contributed by atoms with Gasteiger partial charge in [-0.15, -0.1) is 0 Å². The Morgan fingerprint density at radius 1 is 1.35 bits per heavy atom. The molecule has 17 heavy (non-hydrogen) atoms. The van der Waals surface area contributed by atoms with E-state index in [-0.39, 0.29) is 19.0 Å². The molecular formula is C10H13NO6. The molecule has 2 atom stereocenters. The van der Waals surface area contributed by atoms with Crippen molar-refractivity contribution in [2.24, 2.45) is 5.92 Å². The Labute approximate surface area is 97.3 Å². The van der Waals surface area contributed by atoms with Crippen LogP contribution in [0.25, 0.3) is 0 Å². The van der Waals surface area contributed by atoms with Crippen LogP contribution < -0.4 is 5.32 Å². The summed E-state index contributed by atoms with van der Waals surface area (Å²) >= 11 is 0. The van der Waals surface area contributed by atoms with Gasteiger partial charge in [0, 0.05) is 0 Å². The summed E-state index contributed by atoms with van der Waals surface area (Å²) in [5.74, 6) is -2.12. The molecule has 2 N–H and O–H groups in total. The van der Waals surface area contributed by atoms with Crippen LogP contribution in [0.1, 0.15) is 0 Å². The van der Waals surface area contributed by atoms with E-state index in [4.69, 9.17) is 19.3 Å². The van der Waals surface area contributed by atoms with Crippen LogP contribution in [-0.2, 0) is 23.8 Å². The van der Waals surface area contributed by atoms with Crippen LogP contribution in [0.3, 0.4) is 0 Å². The number of carboxylic acid groups (broad SMARTS) is 1. The average molecular weight is 243 g/mol. The van der Waals surface area contributed by atoms with Crippen LogP contribution >= 0.6 is 0 Å². The van der Waals surface area contributed by atoms with Crippen LogP contribution in [-0.4, -0.2) is 49.5 Å². The van der Waals surface area contributed by atoms with Gasteiger partial charge in [-0.1, -0.05) is 0 Å². The van der Waals surface area contributed by atoms with E-state index >= 15 is 0 Å². The monoisotopic (exact) mass is 243 g/mol. The summed E-state index contributed by atoms with van der Waals surface area (Å²) in [6.45, 7) is 1.01. The van der Waals surface area contributed by atoms with Crippen LogP contribution in [0.5, 0.6) is 0 Å². The lowest BCUT2D eigenvalue weighted by Gasteiger charge is -2.19. The fraction of sp³-hybridized carbons (Fsp3) is 0.600. The van der Waals surface area contributed by atoms with Gasteiger partial charge in [-0.2, -0.15) is 0 Å². The number of carbonyl (C=O) groups excluding carboxylic acids is 1. The molecule has 2 aliphatic heterocycles. The van der Waals surface area contributed by atoms with Crippen molar-refractivity contribution < 1.29 is 28.9 Å². The number of ether oxygens (including phenoxy) is 3. The molecule has 1 amide bonds. The molecule has 0 aliphatic carbocycles. The summed E-state index contributed by atoms with van der Waals surface area (Å²) in [4.78, 5) is 22.6. The van der Waals surface area contributed by atoms with Crippen molar-refractivity contribution in [3.05, 3.63) is 12.0 Å². The predicted octanol–water partition coefficient (Wildman–Crippen LogP) is -0.910. The number of hydrogen-bond donors (Lipinski definition) is 2. The largest absolute Gasteiger partial charge is 0.494 e. The molecule has 0 aromatic heterocycles. The van der Waals surface area contributed by atoms with E-state index in [0.29, 0.717) is 13.2 Å². The molecular weight excluding hydrogens is 230 g/mol. The lowest BCUT2D eigenvalue weighted by atomic mass is 10.0. The maximum atomic E-state index is 11.7. The SMILES string of the molecule is O=C(NC1COCC1C(=O)O)C1=COCCO1. The Morgan fingerprint density at radius 2 is 2.18 bits per heavy atom. The third-order valence-corrected chi connectivity index (χ3v) is 2.59.